The van der Waals surface area contributed by atoms with Gasteiger partial charge in [0.25, 0.3) is 0 Å². The highest BCUT2D eigenvalue weighted by molar-refractivity contribution is 5.70. The van der Waals surface area contributed by atoms with Crippen molar-refractivity contribution < 1.29 is 0 Å². The molecule has 27 heavy (non-hydrogen) atoms. The van der Waals surface area contributed by atoms with E-state index in [4.69, 9.17) is 0 Å². The van der Waals surface area contributed by atoms with Crippen LogP contribution in [-0.2, 0) is 13.1 Å². The van der Waals surface area contributed by atoms with Crippen LogP contribution < -0.4 is 9.80 Å². The van der Waals surface area contributed by atoms with Gasteiger partial charge in [-0.15, -0.1) is 0 Å². The Labute approximate surface area is 156 Å². The number of aromatic nitrogens is 4. The highest BCUT2D eigenvalue weighted by Gasteiger charge is 2.29. The molecule has 4 heterocycles. The Morgan fingerprint density at radius 3 is 1.63 bits per heavy atom. The SMILES string of the molecule is c1cn(-c2ccc3c(c2)CN2CN3Cc3cc(-n4ccnc4)ccc32)cn1. The van der Waals surface area contributed by atoms with Crippen LogP contribution in [0.25, 0.3) is 11.4 Å². The van der Waals surface area contributed by atoms with Crippen LogP contribution in [0.15, 0.2) is 73.8 Å². The molecule has 0 aliphatic carbocycles. The summed E-state index contributed by atoms with van der Waals surface area (Å²) in [7, 11) is 0. The van der Waals surface area contributed by atoms with Crippen molar-refractivity contribution in [1.82, 2.24) is 19.1 Å². The van der Waals surface area contributed by atoms with Crippen molar-refractivity contribution in [1.29, 1.82) is 0 Å². The van der Waals surface area contributed by atoms with Crippen molar-refractivity contribution in [3.8, 4) is 11.4 Å². The number of rotatable bonds is 2. The molecule has 4 aromatic rings. The molecule has 0 atom stereocenters. The van der Waals surface area contributed by atoms with Gasteiger partial charge in [-0.1, -0.05) is 0 Å². The molecule has 6 nitrogen and oxygen atoms in total. The predicted octanol–water partition coefficient (Wildman–Crippen LogP) is 3.36. The zero-order valence-corrected chi connectivity index (χ0v) is 14.7. The molecule has 0 amide bonds. The van der Waals surface area contributed by atoms with Crippen LogP contribution in [0, 0.1) is 0 Å². The van der Waals surface area contributed by atoms with E-state index in [1.54, 1.807) is 0 Å². The summed E-state index contributed by atoms with van der Waals surface area (Å²) in [6.07, 6.45) is 11.3. The van der Waals surface area contributed by atoms with Crippen LogP contribution >= 0.6 is 0 Å². The largest absolute Gasteiger partial charge is 0.349 e. The lowest BCUT2D eigenvalue weighted by molar-refractivity contribution is 0.650. The van der Waals surface area contributed by atoms with Crippen molar-refractivity contribution in [2.75, 3.05) is 16.5 Å². The van der Waals surface area contributed by atoms with E-state index in [0.717, 1.165) is 31.1 Å². The maximum absolute atomic E-state index is 4.16. The molecule has 6 heteroatoms. The van der Waals surface area contributed by atoms with Crippen molar-refractivity contribution >= 4 is 11.4 Å². The van der Waals surface area contributed by atoms with E-state index in [2.05, 4.69) is 65.3 Å². The van der Waals surface area contributed by atoms with E-state index in [-0.39, 0.29) is 0 Å². The zero-order chi connectivity index (χ0) is 17.8. The van der Waals surface area contributed by atoms with Gasteiger partial charge in [-0.05, 0) is 47.5 Å². The van der Waals surface area contributed by atoms with Crippen LogP contribution in [-0.4, -0.2) is 25.8 Å². The van der Waals surface area contributed by atoms with Crippen molar-refractivity contribution in [2.45, 2.75) is 13.1 Å². The molecule has 2 aliphatic rings. The molecule has 2 aromatic heterocycles. The molecule has 0 saturated heterocycles. The number of fused-ring (bicyclic) bond motifs is 6. The van der Waals surface area contributed by atoms with Gasteiger partial charge in [0.1, 0.15) is 0 Å². The van der Waals surface area contributed by atoms with Crippen molar-refractivity contribution in [2.24, 2.45) is 0 Å². The van der Waals surface area contributed by atoms with Gasteiger partial charge in [0.05, 0.1) is 19.3 Å². The first kappa shape index (κ1) is 14.6. The fourth-order valence-corrected chi connectivity index (χ4v) is 4.20. The fraction of sp³-hybridized carbons (Fsp3) is 0.143. The van der Waals surface area contributed by atoms with Crippen LogP contribution in [0.4, 0.5) is 11.4 Å². The maximum Gasteiger partial charge on any atom is 0.0991 e. The summed E-state index contributed by atoms with van der Waals surface area (Å²) in [6, 6.07) is 13.4. The average Bonchev–Trinajstić information content (AvgIpc) is 3.41. The first-order chi connectivity index (χ1) is 13.3. The Balaban J connectivity index is 1.39. The second kappa shape index (κ2) is 5.48. The molecule has 132 valence electrons. The van der Waals surface area contributed by atoms with E-state index in [0.29, 0.717) is 0 Å². The molecular formula is C21H18N6. The molecule has 0 fully saturated rings. The summed E-state index contributed by atoms with van der Waals surface area (Å²) in [5.74, 6) is 0. The van der Waals surface area contributed by atoms with E-state index in [1.165, 1.54) is 22.5 Å². The Morgan fingerprint density at radius 1 is 0.667 bits per heavy atom. The smallest absolute Gasteiger partial charge is 0.0991 e. The summed E-state index contributed by atoms with van der Waals surface area (Å²) in [4.78, 5) is 13.2. The fourth-order valence-electron chi connectivity index (χ4n) is 4.20. The zero-order valence-electron chi connectivity index (χ0n) is 14.7. The number of hydrogen-bond acceptors (Lipinski definition) is 4. The van der Waals surface area contributed by atoms with Gasteiger partial charge >= 0.3 is 0 Å². The molecule has 2 bridgehead atoms. The highest BCUT2D eigenvalue weighted by atomic mass is 15.4. The molecule has 0 radical (unpaired) electrons. The summed E-state index contributed by atoms with van der Waals surface area (Å²) >= 11 is 0. The van der Waals surface area contributed by atoms with Crippen LogP contribution in [0.3, 0.4) is 0 Å². The molecule has 0 N–H and O–H groups in total. The van der Waals surface area contributed by atoms with E-state index in [1.807, 2.05) is 37.4 Å². The molecule has 6 rings (SSSR count). The van der Waals surface area contributed by atoms with Crippen molar-refractivity contribution in [3.05, 3.63) is 85.0 Å². The summed E-state index contributed by atoms with van der Waals surface area (Å²) in [5.41, 5.74) is 7.68. The summed E-state index contributed by atoms with van der Waals surface area (Å²) in [6.45, 7) is 2.78. The van der Waals surface area contributed by atoms with Gasteiger partial charge in [0.15, 0.2) is 0 Å². The minimum atomic E-state index is 0.922. The van der Waals surface area contributed by atoms with E-state index < -0.39 is 0 Å². The van der Waals surface area contributed by atoms with E-state index in [9.17, 15) is 0 Å². The Hall–Kier alpha value is -3.54. The summed E-state index contributed by atoms with van der Waals surface area (Å²) in [5, 5.41) is 0. The first-order valence-corrected chi connectivity index (χ1v) is 9.07. The van der Waals surface area contributed by atoms with Gasteiger partial charge in [0.2, 0.25) is 0 Å². The van der Waals surface area contributed by atoms with Gasteiger partial charge in [-0.3, -0.25) is 0 Å². The first-order valence-electron chi connectivity index (χ1n) is 9.07. The summed E-state index contributed by atoms with van der Waals surface area (Å²) < 4.78 is 4.11. The molecule has 0 saturated carbocycles. The Morgan fingerprint density at radius 2 is 1.19 bits per heavy atom. The third-order valence-electron chi connectivity index (χ3n) is 5.48. The second-order valence-electron chi connectivity index (χ2n) is 7.10. The average molecular weight is 354 g/mol. The lowest BCUT2D eigenvalue weighted by Crippen LogP contribution is -2.46. The Kier molecular flexibility index (Phi) is 2.96. The third-order valence-corrected chi connectivity index (χ3v) is 5.48. The van der Waals surface area contributed by atoms with E-state index >= 15 is 0 Å². The molecule has 2 aliphatic heterocycles. The normalized spacial score (nSPS) is 14.8. The standard InChI is InChI=1S/C21H18N6/c1-3-20-16(9-18(1)24-7-5-22-13-24)11-27-15-26(20)12-17-10-19(2-4-21(17)27)25-8-6-23-14-25/h1-10,13-14H,11-12,15H2. The minimum Gasteiger partial charge on any atom is -0.349 e. The quantitative estimate of drug-likeness (QED) is 0.554. The highest BCUT2D eigenvalue weighted by Crippen LogP contribution is 2.39. The van der Waals surface area contributed by atoms with Crippen LogP contribution in [0.1, 0.15) is 11.1 Å². The number of imidazole rings is 2. The lowest BCUT2D eigenvalue weighted by Gasteiger charge is -2.45. The molecular weight excluding hydrogens is 336 g/mol. The minimum absolute atomic E-state index is 0.922. The van der Waals surface area contributed by atoms with Gasteiger partial charge in [-0.25, -0.2) is 9.97 Å². The second-order valence-corrected chi connectivity index (χ2v) is 7.10. The molecule has 0 spiro atoms. The van der Waals surface area contributed by atoms with Gasteiger partial charge < -0.3 is 18.9 Å². The predicted molar refractivity (Wildman–Crippen MR) is 104 cm³/mol. The molecule has 0 unspecified atom stereocenters. The van der Waals surface area contributed by atoms with Gasteiger partial charge in [-0.2, -0.15) is 0 Å². The number of benzene rings is 2. The van der Waals surface area contributed by atoms with Crippen LogP contribution in [0.5, 0.6) is 0 Å². The Bertz CT molecular complexity index is 1020. The lowest BCUT2D eigenvalue weighted by atomic mass is 10.0. The number of nitrogens with zero attached hydrogens (tertiary/aromatic N) is 6. The monoisotopic (exact) mass is 354 g/mol. The van der Waals surface area contributed by atoms with Crippen LogP contribution in [0.2, 0.25) is 0 Å². The van der Waals surface area contributed by atoms with Crippen molar-refractivity contribution in [3.63, 3.8) is 0 Å². The topological polar surface area (TPSA) is 42.1 Å². The third kappa shape index (κ3) is 2.26. The molecule has 2 aromatic carbocycles. The maximum atomic E-state index is 4.16. The van der Waals surface area contributed by atoms with Gasteiger partial charge in [0, 0.05) is 60.6 Å². The number of hydrogen-bond donors (Lipinski definition) is 0. The number of anilines is 2.